The minimum absolute atomic E-state index is 0.0667. The maximum Gasteiger partial charge on any atom is 0.262 e. The van der Waals surface area contributed by atoms with E-state index in [1.54, 1.807) is 18.2 Å². The van der Waals surface area contributed by atoms with E-state index in [0.717, 1.165) is 37.6 Å². The van der Waals surface area contributed by atoms with E-state index in [4.69, 9.17) is 11.6 Å². The molecule has 2 aromatic heterocycles. The highest BCUT2D eigenvalue weighted by Crippen LogP contribution is 2.33. The minimum atomic E-state index is -0.219. The first-order chi connectivity index (χ1) is 16.2. The van der Waals surface area contributed by atoms with Crippen LogP contribution in [0.3, 0.4) is 0 Å². The molecule has 1 aliphatic heterocycles. The molecule has 0 radical (unpaired) electrons. The van der Waals surface area contributed by atoms with Crippen molar-refractivity contribution in [2.75, 3.05) is 18.0 Å². The van der Waals surface area contributed by atoms with Crippen LogP contribution in [0.2, 0.25) is 5.02 Å². The summed E-state index contributed by atoms with van der Waals surface area (Å²) < 4.78 is 3.39. The van der Waals surface area contributed by atoms with E-state index < -0.39 is 0 Å². The molecular weight excluding hydrogens is 458 g/mol. The number of halogens is 1. The van der Waals surface area contributed by atoms with Gasteiger partial charge in [-0.25, -0.2) is 4.98 Å². The normalized spacial score (nSPS) is 13.5. The van der Waals surface area contributed by atoms with Gasteiger partial charge < -0.3 is 4.90 Å². The highest BCUT2D eigenvalue weighted by atomic mass is 35.5. The lowest BCUT2D eigenvalue weighted by Crippen LogP contribution is -2.25. The van der Waals surface area contributed by atoms with Gasteiger partial charge in [-0.3, -0.25) is 13.9 Å². The third-order valence-electron chi connectivity index (χ3n) is 5.60. The predicted octanol–water partition coefficient (Wildman–Crippen LogP) is 4.05. The Kier molecular flexibility index (Phi) is 6.03. The number of aromatic nitrogens is 5. The molecule has 0 atom stereocenters. The smallest absolute Gasteiger partial charge is 0.262 e. The molecule has 1 aliphatic rings. The number of thioether (sulfide) groups is 1. The second-order valence-corrected chi connectivity index (χ2v) is 9.00. The summed E-state index contributed by atoms with van der Waals surface area (Å²) >= 11 is 7.95. The van der Waals surface area contributed by atoms with Crippen molar-refractivity contribution in [1.29, 1.82) is 5.26 Å². The number of hydrogen-bond acceptors (Lipinski definition) is 7. The number of fused-ring (bicyclic) bond motifs is 1. The van der Waals surface area contributed by atoms with Crippen molar-refractivity contribution >= 4 is 40.2 Å². The molecule has 1 saturated heterocycles. The molecule has 0 aliphatic carbocycles. The van der Waals surface area contributed by atoms with E-state index in [1.165, 1.54) is 16.3 Å². The quantitative estimate of drug-likeness (QED) is 0.387. The van der Waals surface area contributed by atoms with Gasteiger partial charge in [0.05, 0.1) is 33.4 Å². The third-order valence-corrected chi connectivity index (χ3v) is 6.84. The number of nitrogens with zero attached hydrogens (tertiary/aromatic N) is 7. The van der Waals surface area contributed by atoms with Crippen LogP contribution < -0.4 is 10.5 Å². The molecule has 10 heteroatoms. The van der Waals surface area contributed by atoms with Crippen molar-refractivity contribution in [3.63, 3.8) is 0 Å². The molecule has 0 unspecified atom stereocenters. The molecule has 0 bridgehead atoms. The van der Waals surface area contributed by atoms with E-state index >= 15 is 0 Å². The fourth-order valence-electron chi connectivity index (χ4n) is 4.01. The van der Waals surface area contributed by atoms with E-state index in [1.807, 2.05) is 34.9 Å². The van der Waals surface area contributed by atoms with Crippen molar-refractivity contribution in [3.05, 3.63) is 69.7 Å². The van der Waals surface area contributed by atoms with Crippen molar-refractivity contribution in [3.8, 4) is 11.8 Å². The number of anilines is 1. The molecule has 0 spiro atoms. The summed E-state index contributed by atoms with van der Waals surface area (Å²) in [6, 6.07) is 16.8. The van der Waals surface area contributed by atoms with Crippen molar-refractivity contribution in [2.45, 2.75) is 30.3 Å². The summed E-state index contributed by atoms with van der Waals surface area (Å²) in [6.07, 6.45) is 2.22. The predicted molar refractivity (Wildman–Crippen MR) is 129 cm³/mol. The van der Waals surface area contributed by atoms with Crippen LogP contribution in [0.1, 0.15) is 18.7 Å². The van der Waals surface area contributed by atoms with Crippen LogP contribution in [-0.2, 0) is 12.3 Å². The lowest BCUT2D eigenvalue weighted by Gasteiger charge is -2.19. The van der Waals surface area contributed by atoms with E-state index in [9.17, 15) is 10.1 Å². The standard InChI is InChI=1S/C23H20ClN7OS/c24-17-8-2-4-10-19(17)31-22(29-12-5-6-13-29)27-28-23(31)33-15-20-26-18-9-3-1-7-16(18)21(32)30(20)14-11-25/h1-4,7-10H,5-6,12-15H2. The average Bonchev–Trinajstić information content (AvgIpc) is 3.50. The SMILES string of the molecule is N#CCn1c(CSc2nnc(N3CCCC3)n2-c2ccccc2Cl)nc2ccccc2c1=O. The molecular formula is C23H20ClN7OS. The van der Waals surface area contributed by atoms with Gasteiger partial charge in [-0.2, -0.15) is 5.26 Å². The van der Waals surface area contributed by atoms with Gasteiger partial charge in [-0.1, -0.05) is 47.6 Å². The Morgan fingerprint density at radius 1 is 1.06 bits per heavy atom. The van der Waals surface area contributed by atoms with Crippen LogP contribution in [0.5, 0.6) is 0 Å². The van der Waals surface area contributed by atoms with Gasteiger partial charge in [-0.05, 0) is 37.1 Å². The Hall–Kier alpha value is -3.35. The summed E-state index contributed by atoms with van der Waals surface area (Å²) in [5.41, 5.74) is 1.19. The van der Waals surface area contributed by atoms with Crippen LogP contribution in [0.25, 0.3) is 16.6 Å². The molecule has 0 amide bonds. The average molecular weight is 478 g/mol. The van der Waals surface area contributed by atoms with E-state index in [2.05, 4.69) is 26.2 Å². The maximum atomic E-state index is 13.0. The van der Waals surface area contributed by atoms with Crippen LogP contribution in [0.15, 0.2) is 58.5 Å². The summed E-state index contributed by atoms with van der Waals surface area (Å²) in [4.78, 5) is 19.8. The second kappa shape index (κ2) is 9.25. The fourth-order valence-corrected chi connectivity index (χ4v) is 5.12. The Bertz CT molecular complexity index is 1420. The minimum Gasteiger partial charge on any atom is -0.341 e. The lowest BCUT2D eigenvalue weighted by atomic mass is 10.2. The van der Waals surface area contributed by atoms with Crippen LogP contribution in [0, 0.1) is 11.3 Å². The molecule has 3 heterocycles. The zero-order valence-electron chi connectivity index (χ0n) is 17.7. The molecule has 4 aromatic rings. The van der Waals surface area contributed by atoms with Crippen LogP contribution in [0.4, 0.5) is 5.95 Å². The number of para-hydroxylation sites is 2. The zero-order valence-corrected chi connectivity index (χ0v) is 19.3. The fraction of sp³-hybridized carbons (Fsp3) is 0.261. The summed E-state index contributed by atoms with van der Waals surface area (Å²) in [7, 11) is 0. The topological polar surface area (TPSA) is 92.6 Å². The number of benzene rings is 2. The summed E-state index contributed by atoms with van der Waals surface area (Å²) in [6.45, 7) is 1.77. The Balaban J connectivity index is 1.55. The van der Waals surface area contributed by atoms with Crippen LogP contribution in [-0.4, -0.2) is 37.4 Å². The lowest BCUT2D eigenvalue weighted by molar-refractivity contribution is 0.729. The largest absolute Gasteiger partial charge is 0.341 e. The first-order valence-corrected chi connectivity index (χ1v) is 12.0. The van der Waals surface area contributed by atoms with Gasteiger partial charge in [0.1, 0.15) is 12.4 Å². The van der Waals surface area contributed by atoms with Gasteiger partial charge in [0, 0.05) is 13.1 Å². The van der Waals surface area contributed by atoms with Crippen molar-refractivity contribution in [2.24, 2.45) is 0 Å². The second-order valence-electron chi connectivity index (χ2n) is 7.65. The molecule has 0 saturated carbocycles. The Morgan fingerprint density at radius 2 is 1.82 bits per heavy atom. The third kappa shape index (κ3) is 4.08. The van der Waals surface area contributed by atoms with Gasteiger partial charge in [0.15, 0.2) is 5.16 Å². The summed E-state index contributed by atoms with van der Waals surface area (Å²) in [5.74, 6) is 1.62. The number of rotatable bonds is 6. The Morgan fingerprint density at radius 3 is 2.61 bits per heavy atom. The molecule has 5 rings (SSSR count). The first kappa shape index (κ1) is 21.5. The molecule has 2 aromatic carbocycles. The highest BCUT2D eigenvalue weighted by Gasteiger charge is 2.24. The monoisotopic (exact) mass is 477 g/mol. The summed E-state index contributed by atoms with van der Waals surface area (Å²) in [5, 5.41) is 20.0. The van der Waals surface area contributed by atoms with E-state index in [-0.39, 0.29) is 12.1 Å². The molecule has 8 nitrogen and oxygen atoms in total. The van der Waals surface area contributed by atoms with Gasteiger partial charge in [0.25, 0.3) is 5.56 Å². The molecule has 1 fully saturated rings. The molecule has 33 heavy (non-hydrogen) atoms. The zero-order chi connectivity index (χ0) is 22.8. The van der Waals surface area contributed by atoms with Crippen LogP contribution >= 0.6 is 23.4 Å². The van der Waals surface area contributed by atoms with E-state index in [0.29, 0.717) is 32.7 Å². The van der Waals surface area contributed by atoms with Gasteiger partial charge in [-0.15, -0.1) is 10.2 Å². The molecule has 0 N–H and O–H groups in total. The van der Waals surface area contributed by atoms with Crippen molar-refractivity contribution < 1.29 is 0 Å². The van der Waals surface area contributed by atoms with Gasteiger partial charge >= 0.3 is 0 Å². The highest BCUT2D eigenvalue weighted by molar-refractivity contribution is 7.98. The molecule has 166 valence electrons. The first-order valence-electron chi connectivity index (χ1n) is 10.6. The maximum absolute atomic E-state index is 13.0. The van der Waals surface area contributed by atoms with Gasteiger partial charge in [0.2, 0.25) is 5.95 Å². The Labute approximate surface area is 199 Å². The number of hydrogen-bond donors (Lipinski definition) is 0. The van der Waals surface area contributed by atoms with Crippen molar-refractivity contribution in [1.82, 2.24) is 24.3 Å². The number of nitriles is 1.